The first-order valence-electron chi connectivity index (χ1n) is 8.03. The first-order valence-corrected chi connectivity index (χ1v) is 9.22. The van der Waals surface area contributed by atoms with Gasteiger partial charge in [0.15, 0.2) is 0 Å². The lowest BCUT2D eigenvalue weighted by Gasteiger charge is -2.08. The number of nitrogens with zero attached hydrogens (tertiary/aromatic N) is 4. The molecule has 0 radical (unpaired) electrons. The molecule has 0 aliphatic rings. The summed E-state index contributed by atoms with van der Waals surface area (Å²) in [7, 11) is 0. The van der Waals surface area contributed by atoms with Gasteiger partial charge >= 0.3 is 0 Å². The fourth-order valence-electron chi connectivity index (χ4n) is 2.61. The van der Waals surface area contributed by atoms with Crippen molar-refractivity contribution in [3.63, 3.8) is 0 Å². The second-order valence-corrected chi connectivity index (χ2v) is 6.97. The van der Waals surface area contributed by atoms with Crippen LogP contribution in [0.2, 0.25) is 5.02 Å². The maximum absolute atomic E-state index is 12.8. The van der Waals surface area contributed by atoms with Crippen molar-refractivity contribution in [3.05, 3.63) is 58.4 Å². The number of fused-ring (bicyclic) bond motifs is 1. The quantitative estimate of drug-likeness (QED) is 0.564. The van der Waals surface area contributed by atoms with E-state index in [4.69, 9.17) is 11.6 Å². The van der Waals surface area contributed by atoms with E-state index in [1.165, 1.54) is 16.1 Å². The number of amides is 1. The Morgan fingerprint density at radius 2 is 1.96 bits per heavy atom. The maximum atomic E-state index is 12.8. The Labute approximate surface area is 158 Å². The first kappa shape index (κ1) is 16.7. The fraction of sp³-hybridized carbons (Fsp3) is 0.111. The SMILES string of the molecule is CCn1nnc(-c2ccccc2NC(=O)c2sc3ccccc3c2Cl)n1. The third-order valence-corrected chi connectivity index (χ3v) is 5.57. The number of aryl methyl sites for hydroxylation is 1. The number of tetrazole rings is 1. The molecule has 2 aromatic heterocycles. The van der Waals surface area contributed by atoms with E-state index in [-0.39, 0.29) is 5.91 Å². The minimum atomic E-state index is -0.258. The van der Waals surface area contributed by atoms with E-state index >= 15 is 0 Å². The molecule has 6 nitrogen and oxygen atoms in total. The Hall–Kier alpha value is -2.77. The number of halogens is 1. The van der Waals surface area contributed by atoms with Gasteiger partial charge in [0.1, 0.15) is 4.88 Å². The van der Waals surface area contributed by atoms with Crippen LogP contribution in [0.15, 0.2) is 48.5 Å². The van der Waals surface area contributed by atoms with Crippen LogP contribution in [0, 0.1) is 0 Å². The Balaban J connectivity index is 1.68. The van der Waals surface area contributed by atoms with Gasteiger partial charge in [-0.3, -0.25) is 4.79 Å². The van der Waals surface area contributed by atoms with Gasteiger partial charge in [0.25, 0.3) is 5.91 Å². The van der Waals surface area contributed by atoms with Crippen LogP contribution in [-0.2, 0) is 6.54 Å². The minimum absolute atomic E-state index is 0.258. The molecule has 0 bridgehead atoms. The molecule has 0 unspecified atom stereocenters. The summed E-state index contributed by atoms with van der Waals surface area (Å²) < 4.78 is 0.975. The van der Waals surface area contributed by atoms with Gasteiger partial charge < -0.3 is 5.32 Å². The zero-order valence-electron chi connectivity index (χ0n) is 13.8. The fourth-order valence-corrected chi connectivity index (χ4v) is 4.02. The van der Waals surface area contributed by atoms with Gasteiger partial charge in [-0.05, 0) is 30.3 Å². The highest BCUT2D eigenvalue weighted by atomic mass is 35.5. The molecule has 0 aliphatic heterocycles. The van der Waals surface area contributed by atoms with Crippen LogP contribution in [-0.4, -0.2) is 26.1 Å². The summed E-state index contributed by atoms with van der Waals surface area (Å²) in [5.74, 6) is 0.205. The van der Waals surface area contributed by atoms with Crippen LogP contribution < -0.4 is 5.32 Å². The third-order valence-electron chi connectivity index (χ3n) is 3.89. The smallest absolute Gasteiger partial charge is 0.267 e. The van der Waals surface area contributed by atoms with Gasteiger partial charge in [0.2, 0.25) is 5.82 Å². The van der Waals surface area contributed by atoms with E-state index in [2.05, 4.69) is 20.7 Å². The van der Waals surface area contributed by atoms with Crippen molar-refractivity contribution in [2.24, 2.45) is 0 Å². The number of carbonyl (C=O) groups excluding carboxylic acids is 1. The van der Waals surface area contributed by atoms with E-state index in [0.29, 0.717) is 33.5 Å². The molecule has 4 aromatic rings. The van der Waals surface area contributed by atoms with Crippen LogP contribution >= 0.6 is 22.9 Å². The van der Waals surface area contributed by atoms with Crippen LogP contribution in [0.4, 0.5) is 5.69 Å². The number of nitrogens with one attached hydrogen (secondary N) is 1. The number of thiophene rings is 1. The van der Waals surface area contributed by atoms with Crippen molar-refractivity contribution in [2.45, 2.75) is 13.5 Å². The number of rotatable bonds is 4. The summed E-state index contributed by atoms with van der Waals surface area (Å²) in [5.41, 5.74) is 1.32. The molecule has 130 valence electrons. The number of carbonyl (C=O) groups is 1. The van der Waals surface area contributed by atoms with E-state index in [1.807, 2.05) is 49.4 Å². The largest absolute Gasteiger partial charge is 0.321 e. The lowest BCUT2D eigenvalue weighted by atomic mass is 10.1. The molecule has 0 atom stereocenters. The average Bonchev–Trinajstić information content (AvgIpc) is 3.27. The normalized spacial score (nSPS) is 11.0. The van der Waals surface area contributed by atoms with Crippen molar-refractivity contribution in [2.75, 3.05) is 5.32 Å². The molecule has 0 spiro atoms. The molecule has 4 rings (SSSR count). The number of aromatic nitrogens is 4. The number of anilines is 1. The first-order chi connectivity index (χ1) is 12.7. The number of hydrogen-bond donors (Lipinski definition) is 1. The van der Waals surface area contributed by atoms with E-state index in [0.717, 1.165) is 10.1 Å². The molecular formula is C18H14ClN5OS. The second kappa shape index (κ2) is 6.86. The van der Waals surface area contributed by atoms with Gasteiger partial charge in [0, 0.05) is 15.6 Å². The van der Waals surface area contributed by atoms with Gasteiger partial charge in [-0.2, -0.15) is 4.80 Å². The Bertz CT molecular complexity index is 1100. The minimum Gasteiger partial charge on any atom is -0.321 e. The number of para-hydroxylation sites is 1. The van der Waals surface area contributed by atoms with E-state index in [9.17, 15) is 4.79 Å². The van der Waals surface area contributed by atoms with E-state index in [1.54, 1.807) is 6.07 Å². The molecule has 2 heterocycles. The lowest BCUT2D eigenvalue weighted by molar-refractivity contribution is 0.103. The van der Waals surface area contributed by atoms with Gasteiger partial charge in [0.05, 0.1) is 17.3 Å². The molecule has 0 fully saturated rings. The summed E-state index contributed by atoms with van der Waals surface area (Å²) in [6, 6.07) is 15.0. The third kappa shape index (κ3) is 2.95. The van der Waals surface area contributed by atoms with Crippen molar-refractivity contribution in [1.82, 2.24) is 20.2 Å². The summed E-state index contributed by atoms with van der Waals surface area (Å²) in [6.07, 6.45) is 0. The topological polar surface area (TPSA) is 72.7 Å². The Morgan fingerprint density at radius 3 is 2.73 bits per heavy atom. The van der Waals surface area contributed by atoms with Crippen LogP contribution in [0.3, 0.4) is 0 Å². The van der Waals surface area contributed by atoms with Crippen LogP contribution in [0.25, 0.3) is 21.5 Å². The molecule has 1 N–H and O–H groups in total. The summed E-state index contributed by atoms with van der Waals surface area (Å²) in [6.45, 7) is 2.56. The molecule has 1 amide bonds. The number of benzene rings is 2. The molecule has 0 aliphatic carbocycles. The second-order valence-electron chi connectivity index (χ2n) is 5.54. The number of hydrogen-bond acceptors (Lipinski definition) is 5. The monoisotopic (exact) mass is 383 g/mol. The predicted octanol–water partition coefficient (Wildman–Crippen LogP) is 4.48. The molecule has 0 saturated carbocycles. The van der Waals surface area contributed by atoms with Crippen molar-refractivity contribution in [1.29, 1.82) is 0 Å². The van der Waals surface area contributed by atoms with Crippen LogP contribution in [0.5, 0.6) is 0 Å². The van der Waals surface area contributed by atoms with Gasteiger partial charge in [-0.15, -0.1) is 21.5 Å². The molecular weight excluding hydrogens is 370 g/mol. The maximum Gasteiger partial charge on any atom is 0.267 e. The highest BCUT2D eigenvalue weighted by Gasteiger charge is 2.19. The van der Waals surface area contributed by atoms with Crippen molar-refractivity contribution >= 4 is 44.6 Å². The standard InChI is InChI=1S/C18H14ClN5OS/c1-2-24-22-17(21-23-24)11-7-3-5-9-13(11)20-18(25)16-15(19)12-8-4-6-10-14(12)26-16/h3-10H,2H2,1H3,(H,20,25). The predicted molar refractivity (Wildman–Crippen MR) is 104 cm³/mol. The molecule has 26 heavy (non-hydrogen) atoms. The van der Waals surface area contributed by atoms with E-state index < -0.39 is 0 Å². The molecule has 0 saturated heterocycles. The highest BCUT2D eigenvalue weighted by Crippen LogP contribution is 2.36. The molecule has 8 heteroatoms. The van der Waals surface area contributed by atoms with Gasteiger partial charge in [-0.1, -0.05) is 41.9 Å². The molecule has 2 aromatic carbocycles. The Morgan fingerprint density at radius 1 is 1.19 bits per heavy atom. The van der Waals surface area contributed by atoms with Crippen LogP contribution in [0.1, 0.15) is 16.6 Å². The zero-order chi connectivity index (χ0) is 18.1. The van der Waals surface area contributed by atoms with Gasteiger partial charge in [-0.25, -0.2) is 0 Å². The highest BCUT2D eigenvalue weighted by molar-refractivity contribution is 7.21. The lowest BCUT2D eigenvalue weighted by Crippen LogP contribution is -2.11. The summed E-state index contributed by atoms with van der Waals surface area (Å²) in [4.78, 5) is 14.8. The Kier molecular flexibility index (Phi) is 4.40. The van der Waals surface area contributed by atoms with Crippen molar-refractivity contribution in [3.8, 4) is 11.4 Å². The average molecular weight is 384 g/mol. The summed E-state index contributed by atoms with van der Waals surface area (Å²) >= 11 is 7.78. The van der Waals surface area contributed by atoms with Crippen molar-refractivity contribution < 1.29 is 4.79 Å². The zero-order valence-corrected chi connectivity index (χ0v) is 15.4. The summed E-state index contributed by atoms with van der Waals surface area (Å²) in [5, 5.41) is 16.6.